The summed E-state index contributed by atoms with van der Waals surface area (Å²) < 4.78 is 28.0. The summed E-state index contributed by atoms with van der Waals surface area (Å²) in [5, 5.41) is 1.84. The first-order valence-corrected chi connectivity index (χ1v) is 11.8. The summed E-state index contributed by atoms with van der Waals surface area (Å²) in [5.41, 5.74) is 0.354. The number of benzene rings is 1. The fourth-order valence-corrected chi connectivity index (χ4v) is 6.47. The second-order valence-corrected chi connectivity index (χ2v) is 10.1. The van der Waals surface area contributed by atoms with E-state index in [0.717, 1.165) is 32.4 Å². The molecule has 1 fully saturated rings. The van der Waals surface area contributed by atoms with Gasteiger partial charge in [0.1, 0.15) is 4.90 Å². The monoisotopic (exact) mass is 466 g/mol. The van der Waals surface area contributed by atoms with E-state index in [1.807, 2.05) is 4.90 Å². The van der Waals surface area contributed by atoms with Gasteiger partial charge in [0.25, 0.3) is 10.0 Å². The molecular formula is C17H17Cl3N2O3S2. The Morgan fingerprint density at radius 3 is 2.37 bits per heavy atom. The number of thiophene rings is 1. The third-order valence-electron chi connectivity index (χ3n) is 4.24. The molecule has 0 saturated carbocycles. The van der Waals surface area contributed by atoms with Crippen LogP contribution in [-0.2, 0) is 21.2 Å². The molecule has 27 heavy (non-hydrogen) atoms. The van der Waals surface area contributed by atoms with Gasteiger partial charge in [-0.1, -0.05) is 34.8 Å². The van der Waals surface area contributed by atoms with Crippen LogP contribution in [-0.4, -0.2) is 32.3 Å². The zero-order valence-corrected chi connectivity index (χ0v) is 18.1. The van der Waals surface area contributed by atoms with E-state index in [2.05, 4.69) is 4.72 Å². The molecule has 5 nitrogen and oxygen atoms in total. The van der Waals surface area contributed by atoms with Crippen molar-refractivity contribution < 1.29 is 13.2 Å². The zero-order valence-electron chi connectivity index (χ0n) is 14.2. The minimum atomic E-state index is -4.04. The third-order valence-corrected chi connectivity index (χ3v) is 7.67. The van der Waals surface area contributed by atoms with Crippen molar-refractivity contribution >= 4 is 67.8 Å². The summed E-state index contributed by atoms with van der Waals surface area (Å²) in [7, 11) is -4.04. The number of nitrogens with one attached hydrogen (secondary N) is 1. The SMILES string of the molecule is O=C(Cc1sccc1NS(=O)(=O)c1c(Cl)cc(Cl)cc1Cl)N1CCCCC1. The number of anilines is 1. The summed E-state index contributed by atoms with van der Waals surface area (Å²) >= 11 is 19.3. The number of amides is 1. The highest BCUT2D eigenvalue weighted by atomic mass is 35.5. The van der Waals surface area contributed by atoms with E-state index >= 15 is 0 Å². The minimum Gasteiger partial charge on any atom is -0.342 e. The molecule has 1 saturated heterocycles. The number of likely N-dealkylation sites (tertiary alicyclic amines) is 1. The molecule has 0 unspecified atom stereocenters. The van der Waals surface area contributed by atoms with E-state index in [4.69, 9.17) is 34.8 Å². The molecule has 0 bridgehead atoms. The number of halogens is 3. The lowest BCUT2D eigenvalue weighted by atomic mass is 10.1. The quantitative estimate of drug-likeness (QED) is 0.668. The number of sulfonamides is 1. The second-order valence-electron chi connectivity index (χ2n) is 6.18. The first-order valence-electron chi connectivity index (χ1n) is 8.29. The van der Waals surface area contributed by atoms with Crippen LogP contribution >= 0.6 is 46.1 Å². The van der Waals surface area contributed by atoms with Gasteiger partial charge in [0.2, 0.25) is 5.91 Å². The van der Waals surface area contributed by atoms with E-state index in [1.165, 1.54) is 23.5 Å². The topological polar surface area (TPSA) is 66.5 Å². The van der Waals surface area contributed by atoms with E-state index in [0.29, 0.717) is 10.6 Å². The van der Waals surface area contributed by atoms with Crippen LogP contribution in [0, 0.1) is 0 Å². The first kappa shape index (κ1) is 20.7. The molecule has 0 atom stereocenters. The molecule has 1 aliphatic heterocycles. The summed E-state index contributed by atoms with van der Waals surface area (Å²) in [5.74, 6) is 0.000144. The molecule has 1 amide bonds. The molecule has 1 aliphatic rings. The summed E-state index contributed by atoms with van der Waals surface area (Å²) in [6.07, 6.45) is 3.29. The number of hydrogen-bond acceptors (Lipinski definition) is 4. The fraction of sp³-hybridized carbons (Fsp3) is 0.353. The Morgan fingerprint density at radius 1 is 1.11 bits per heavy atom. The van der Waals surface area contributed by atoms with Gasteiger partial charge in [-0.15, -0.1) is 11.3 Å². The smallest absolute Gasteiger partial charge is 0.264 e. The van der Waals surface area contributed by atoms with Gasteiger partial charge in [-0.2, -0.15) is 0 Å². The first-order chi connectivity index (χ1) is 12.8. The van der Waals surface area contributed by atoms with Crippen molar-refractivity contribution in [3.63, 3.8) is 0 Å². The van der Waals surface area contributed by atoms with Crippen molar-refractivity contribution in [3.05, 3.63) is 43.5 Å². The number of carbonyl (C=O) groups is 1. The molecule has 10 heteroatoms. The normalized spacial score (nSPS) is 15.0. The van der Waals surface area contributed by atoms with Gasteiger partial charge in [0, 0.05) is 23.0 Å². The maximum Gasteiger partial charge on any atom is 0.264 e. The maximum atomic E-state index is 12.8. The van der Waals surface area contributed by atoms with Gasteiger partial charge < -0.3 is 4.90 Å². The fourth-order valence-electron chi connectivity index (χ4n) is 2.94. The standard InChI is InChI=1S/C17H17Cl3N2O3S2/c18-11-8-12(19)17(13(20)9-11)27(24,25)21-14-4-7-26-15(14)10-16(23)22-5-2-1-3-6-22/h4,7-9,21H,1-3,5-6,10H2. The molecule has 1 N–H and O–H groups in total. The average molecular weight is 468 g/mol. The van der Waals surface area contributed by atoms with Crippen LogP contribution in [0.1, 0.15) is 24.1 Å². The van der Waals surface area contributed by atoms with E-state index in [9.17, 15) is 13.2 Å². The number of hydrogen-bond donors (Lipinski definition) is 1. The van der Waals surface area contributed by atoms with E-state index < -0.39 is 10.0 Å². The predicted molar refractivity (Wildman–Crippen MR) is 111 cm³/mol. The number of rotatable bonds is 5. The summed E-state index contributed by atoms with van der Waals surface area (Å²) in [6, 6.07) is 4.26. The Balaban J connectivity index is 1.81. The van der Waals surface area contributed by atoms with Crippen molar-refractivity contribution in [3.8, 4) is 0 Å². The Morgan fingerprint density at radius 2 is 1.74 bits per heavy atom. The molecule has 2 aromatic rings. The lowest BCUT2D eigenvalue weighted by Crippen LogP contribution is -2.36. The number of nitrogens with zero attached hydrogens (tertiary/aromatic N) is 1. The van der Waals surface area contributed by atoms with Crippen molar-refractivity contribution in [2.45, 2.75) is 30.6 Å². The van der Waals surface area contributed by atoms with Crippen LogP contribution in [0.5, 0.6) is 0 Å². The zero-order chi connectivity index (χ0) is 19.6. The lowest BCUT2D eigenvalue weighted by Gasteiger charge is -2.26. The minimum absolute atomic E-state index is 0.000144. The van der Waals surface area contributed by atoms with Crippen LogP contribution in [0.25, 0.3) is 0 Å². The highest BCUT2D eigenvalue weighted by molar-refractivity contribution is 7.93. The molecule has 3 rings (SSSR count). The molecule has 1 aromatic heterocycles. The molecule has 0 radical (unpaired) electrons. The Hall–Kier alpha value is -0.990. The number of carbonyl (C=O) groups excluding carboxylic acids is 1. The second kappa shape index (κ2) is 8.57. The van der Waals surface area contributed by atoms with Crippen molar-refractivity contribution in [1.82, 2.24) is 4.90 Å². The van der Waals surface area contributed by atoms with Crippen LogP contribution in [0.2, 0.25) is 15.1 Å². The molecule has 0 spiro atoms. The van der Waals surface area contributed by atoms with Crippen LogP contribution in [0.4, 0.5) is 5.69 Å². The highest BCUT2D eigenvalue weighted by Gasteiger charge is 2.25. The van der Waals surface area contributed by atoms with Gasteiger partial charge in [0.05, 0.1) is 22.2 Å². The van der Waals surface area contributed by atoms with Gasteiger partial charge >= 0.3 is 0 Å². The Kier molecular flexibility index (Phi) is 6.58. The van der Waals surface area contributed by atoms with Crippen LogP contribution in [0.15, 0.2) is 28.5 Å². The Labute approximate surface area is 177 Å². The summed E-state index contributed by atoms with van der Waals surface area (Å²) in [6.45, 7) is 1.50. The van der Waals surface area contributed by atoms with Crippen LogP contribution < -0.4 is 4.72 Å². The average Bonchev–Trinajstić information content (AvgIpc) is 3.00. The van der Waals surface area contributed by atoms with Crippen molar-refractivity contribution in [2.24, 2.45) is 0 Å². The Bertz CT molecular complexity index is 931. The van der Waals surface area contributed by atoms with Crippen molar-refractivity contribution in [2.75, 3.05) is 17.8 Å². The van der Waals surface area contributed by atoms with Gasteiger partial charge in [-0.25, -0.2) is 8.42 Å². The van der Waals surface area contributed by atoms with Gasteiger partial charge in [-0.05, 0) is 42.8 Å². The largest absolute Gasteiger partial charge is 0.342 e. The highest BCUT2D eigenvalue weighted by Crippen LogP contribution is 2.35. The van der Waals surface area contributed by atoms with Crippen molar-refractivity contribution in [1.29, 1.82) is 0 Å². The molecule has 0 aliphatic carbocycles. The predicted octanol–water partition coefficient (Wildman–Crippen LogP) is 5.06. The molecule has 2 heterocycles. The molecular weight excluding hydrogens is 451 g/mol. The third kappa shape index (κ3) is 4.90. The molecule has 1 aromatic carbocycles. The van der Waals surface area contributed by atoms with E-state index in [-0.39, 0.29) is 32.3 Å². The summed E-state index contributed by atoms with van der Waals surface area (Å²) in [4.78, 5) is 14.7. The number of piperidine rings is 1. The van der Waals surface area contributed by atoms with Gasteiger partial charge in [0.15, 0.2) is 0 Å². The molecule has 146 valence electrons. The van der Waals surface area contributed by atoms with Gasteiger partial charge in [-0.3, -0.25) is 9.52 Å². The maximum absolute atomic E-state index is 12.8. The lowest BCUT2D eigenvalue weighted by molar-refractivity contribution is -0.131. The van der Waals surface area contributed by atoms with E-state index in [1.54, 1.807) is 11.4 Å². The van der Waals surface area contributed by atoms with Crippen LogP contribution in [0.3, 0.4) is 0 Å².